The van der Waals surface area contributed by atoms with E-state index in [1.807, 2.05) is 32.9 Å². The minimum atomic E-state index is -0.130. The number of nitrogens with zero attached hydrogens (tertiary/aromatic N) is 2. The number of carbonyl (C=O) groups is 1. The van der Waals surface area contributed by atoms with Crippen LogP contribution in [0.5, 0.6) is 0 Å². The zero-order valence-electron chi connectivity index (χ0n) is 12.6. The third kappa shape index (κ3) is 3.78. The van der Waals surface area contributed by atoms with Crippen LogP contribution in [0.4, 0.5) is 5.69 Å². The lowest BCUT2D eigenvalue weighted by molar-refractivity contribution is 0.0951. The lowest BCUT2D eigenvalue weighted by atomic mass is 10.1. The minimum Gasteiger partial charge on any atom is -0.385 e. The Hall–Kier alpha value is -2.43. The number of rotatable bonds is 5. The van der Waals surface area contributed by atoms with Gasteiger partial charge in [0, 0.05) is 37.4 Å². The Morgan fingerprint density at radius 1 is 1.29 bits per heavy atom. The van der Waals surface area contributed by atoms with Gasteiger partial charge in [0.25, 0.3) is 5.91 Å². The second kappa shape index (κ2) is 6.83. The van der Waals surface area contributed by atoms with E-state index in [1.165, 1.54) is 0 Å². The van der Waals surface area contributed by atoms with Crippen molar-refractivity contribution in [2.45, 2.75) is 27.3 Å². The lowest BCUT2D eigenvalue weighted by Crippen LogP contribution is -2.24. The van der Waals surface area contributed by atoms with Gasteiger partial charge in [0.2, 0.25) is 0 Å². The minimum absolute atomic E-state index is 0.130. The summed E-state index contributed by atoms with van der Waals surface area (Å²) in [5.41, 5.74) is 4.38. The Labute approximate surface area is 124 Å². The second-order valence-electron chi connectivity index (χ2n) is 4.89. The molecule has 0 aliphatic carbocycles. The summed E-state index contributed by atoms with van der Waals surface area (Å²) in [4.78, 5) is 20.6. The van der Waals surface area contributed by atoms with E-state index in [0.29, 0.717) is 12.1 Å². The van der Waals surface area contributed by atoms with Crippen molar-refractivity contribution in [2.75, 3.05) is 11.9 Å². The molecule has 5 heteroatoms. The molecule has 2 aromatic heterocycles. The summed E-state index contributed by atoms with van der Waals surface area (Å²) in [6.45, 7) is 7.12. The molecule has 0 aliphatic heterocycles. The lowest BCUT2D eigenvalue weighted by Gasteiger charge is -2.12. The number of carbonyl (C=O) groups excluding carboxylic acids is 1. The summed E-state index contributed by atoms with van der Waals surface area (Å²) < 4.78 is 0. The van der Waals surface area contributed by atoms with Gasteiger partial charge in [-0.1, -0.05) is 0 Å². The molecule has 5 nitrogen and oxygen atoms in total. The standard InChI is InChI=1S/C16H20N4O/c1-4-18-15-7-12(3)19-10-14(15)16(21)20-9-13-5-6-17-8-11(13)2/h5-8,10H,4,9H2,1-3H3,(H,18,19)(H,20,21). The van der Waals surface area contributed by atoms with E-state index in [0.717, 1.165) is 29.1 Å². The molecule has 0 radical (unpaired) electrons. The second-order valence-corrected chi connectivity index (χ2v) is 4.89. The summed E-state index contributed by atoms with van der Waals surface area (Å²) in [6, 6.07) is 3.80. The Kier molecular flexibility index (Phi) is 4.87. The average Bonchev–Trinajstić information content (AvgIpc) is 2.46. The first kappa shape index (κ1) is 15.0. The number of pyridine rings is 2. The average molecular weight is 284 g/mol. The van der Waals surface area contributed by atoms with Crippen LogP contribution in [0, 0.1) is 13.8 Å². The van der Waals surface area contributed by atoms with E-state index in [1.54, 1.807) is 18.6 Å². The number of amides is 1. The number of aryl methyl sites for hydroxylation is 2. The Balaban J connectivity index is 2.12. The maximum atomic E-state index is 12.3. The third-order valence-electron chi connectivity index (χ3n) is 3.23. The first-order valence-corrected chi connectivity index (χ1v) is 7.00. The molecular weight excluding hydrogens is 264 g/mol. The van der Waals surface area contributed by atoms with Gasteiger partial charge in [-0.2, -0.15) is 0 Å². The van der Waals surface area contributed by atoms with Crippen molar-refractivity contribution in [3.63, 3.8) is 0 Å². The van der Waals surface area contributed by atoms with Crippen molar-refractivity contribution in [1.82, 2.24) is 15.3 Å². The predicted octanol–water partition coefficient (Wildman–Crippen LogP) is 2.46. The summed E-state index contributed by atoms with van der Waals surface area (Å²) in [7, 11) is 0. The van der Waals surface area contributed by atoms with Gasteiger partial charge in [0.15, 0.2) is 0 Å². The normalized spacial score (nSPS) is 10.2. The van der Waals surface area contributed by atoms with Crippen molar-refractivity contribution < 1.29 is 4.79 Å². The summed E-state index contributed by atoms with van der Waals surface area (Å²) >= 11 is 0. The van der Waals surface area contributed by atoms with Crippen molar-refractivity contribution >= 4 is 11.6 Å². The highest BCUT2D eigenvalue weighted by molar-refractivity contribution is 5.99. The van der Waals surface area contributed by atoms with Crippen LogP contribution in [-0.4, -0.2) is 22.4 Å². The van der Waals surface area contributed by atoms with E-state index in [2.05, 4.69) is 20.6 Å². The van der Waals surface area contributed by atoms with Gasteiger partial charge in [-0.25, -0.2) is 0 Å². The van der Waals surface area contributed by atoms with Gasteiger partial charge in [-0.05, 0) is 44.0 Å². The van der Waals surface area contributed by atoms with Crippen molar-refractivity contribution in [3.05, 3.63) is 53.1 Å². The number of nitrogens with one attached hydrogen (secondary N) is 2. The molecule has 0 aromatic carbocycles. The van der Waals surface area contributed by atoms with Gasteiger partial charge in [-0.15, -0.1) is 0 Å². The van der Waals surface area contributed by atoms with Crippen LogP contribution in [0.25, 0.3) is 0 Å². The Morgan fingerprint density at radius 2 is 2.10 bits per heavy atom. The highest BCUT2D eigenvalue weighted by atomic mass is 16.1. The maximum Gasteiger partial charge on any atom is 0.255 e. The first-order valence-electron chi connectivity index (χ1n) is 7.00. The van der Waals surface area contributed by atoms with Gasteiger partial charge >= 0.3 is 0 Å². The molecular formula is C16H20N4O. The molecule has 2 N–H and O–H groups in total. The molecule has 0 atom stereocenters. The molecule has 2 rings (SSSR count). The van der Waals surface area contributed by atoms with Crippen LogP contribution in [0.2, 0.25) is 0 Å². The highest BCUT2D eigenvalue weighted by Crippen LogP contribution is 2.16. The van der Waals surface area contributed by atoms with Crippen LogP contribution in [-0.2, 0) is 6.54 Å². The molecule has 0 spiro atoms. The van der Waals surface area contributed by atoms with Crippen LogP contribution in [0.3, 0.4) is 0 Å². The van der Waals surface area contributed by atoms with Crippen LogP contribution < -0.4 is 10.6 Å². The van der Waals surface area contributed by atoms with Crippen molar-refractivity contribution in [2.24, 2.45) is 0 Å². The van der Waals surface area contributed by atoms with E-state index in [9.17, 15) is 4.79 Å². The van der Waals surface area contributed by atoms with Gasteiger partial charge < -0.3 is 10.6 Å². The first-order chi connectivity index (χ1) is 10.1. The fourth-order valence-corrected chi connectivity index (χ4v) is 2.05. The van der Waals surface area contributed by atoms with Crippen LogP contribution in [0.15, 0.2) is 30.7 Å². The van der Waals surface area contributed by atoms with E-state index in [-0.39, 0.29) is 5.91 Å². The molecule has 1 amide bonds. The molecule has 0 aliphatic rings. The number of aromatic nitrogens is 2. The smallest absolute Gasteiger partial charge is 0.255 e. The maximum absolute atomic E-state index is 12.3. The predicted molar refractivity (Wildman–Crippen MR) is 83.3 cm³/mol. The summed E-state index contributed by atoms with van der Waals surface area (Å²) in [6.07, 6.45) is 5.13. The van der Waals surface area contributed by atoms with E-state index in [4.69, 9.17) is 0 Å². The molecule has 0 bridgehead atoms. The van der Waals surface area contributed by atoms with Gasteiger partial charge in [0.05, 0.1) is 11.3 Å². The van der Waals surface area contributed by atoms with Gasteiger partial charge in [-0.3, -0.25) is 14.8 Å². The molecule has 0 saturated carbocycles. The SMILES string of the molecule is CCNc1cc(C)ncc1C(=O)NCc1ccncc1C. The fourth-order valence-electron chi connectivity index (χ4n) is 2.05. The Bertz CT molecular complexity index is 640. The van der Waals surface area contributed by atoms with Gasteiger partial charge in [0.1, 0.15) is 0 Å². The number of hydrogen-bond donors (Lipinski definition) is 2. The van der Waals surface area contributed by atoms with E-state index < -0.39 is 0 Å². The molecule has 0 saturated heterocycles. The topological polar surface area (TPSA) is 66.9 Å². The zero-order chi connectivity index (χ0) is 15.2. The molecule has 2 aromatic rings. The van der Waals surface area contributed by atoms with E-state index >= 15 is 0 Å². The van der Waals surface area contributed by atoms with Crippen molar-refractivity contribution in [3.8, 4) is 0 Å². The molecule has 2 heterocycles. The Morgan fingerprint density at radius 3 is 2.81 bits per heavy atom. The molecule has 110 valence electrons. The monoisotopic (exact) mass is 284 g/mol. The fraction of sp³-hybridized carbons (Fsp3) is 0.312. The molecule has 0 fully saturated rings. The largest absolute Gasteiger partial charge is 0.385 e. The zero-order valence-corrected chi connectivity index (χ0v) is 12.6. The molecule has 21 heavy (non-hydrogen) atoms. The number of hydrogen-bond acceptors (Lipinski definition) is 4. The summed E-state index contributed by atoms with van der Waals surface area (Å²) in [5.74, 6) is -0.130. The molecule has 0 unspecified atom stereocenters. The third-order valence-corrected chi connectivity index (χ3v) is 3.23. The van der Waals surface area contributed by atoms with Crippen LogP contribution >= 0.6 is 0 Å². The quantitative estimate of drug-likeness (QED) is 0.885. The highest BCUT2D eigenvalue weighted by Gasteiger charge is 2.12. The number of anilines is 1. The summed E-state index contributed by atoms with van der Waals surface area (Å²) in [5, 5.41) is 6.12. The van der Waals surface area contributed by atoms with Crippen molar-refractivity contribution in [1.29, 1.82) is 0 Å². The van der Waals surface area contributed by atoms with Crippen LogP contribution in [0.1, 0.15) is 34.1 Å².